The second-order valence-corrected chi connectivity index (χ2v) is 3.09. The Bertz CT molecular complexity index is 326. The van der Waals surface area contributed by atoms with Crippen LogP contribution in [-0.4, -0.2) is 13.1 Å². The lowest BCUT2D eigenvalue weighted by Crippen LogP contribution is -2.03. The van der Waals surface area contributed by atoms with Gasteiger partial charge in [0.25, 0.3) is 0 Å². The molecule has 0 aliphatic rings. The Labute approximate surface area is 81.4 Å². The van der Waals surface area contributed by atoms with Crippen molar-refractivity contribution in [2.24, 2.45) is 0 Å². The third-order valence-electron chi connectivity index (χ3n) is 1.76. The number of aryl methyl sites for hydroxylation is 1. The maximum absolute atomic E-state index is 11.1. The number of benzene rings is 1. The third-order valence-corrected chi connectivity index (χ3v) is 2.07. The van der Waals surface area contributed by atoms with E-state index in [4.69, 9.17) is 17.3 Å². The Hall–Kier alpha value is -1.22. The summed E-state index contributed by atoms with van der Waals surface area (Å²) in [5.41, 5.74) is 7.29. The summed E-state index contributed by atoms with van der Waals surface area (Å²) in [5.74, 6) is -0.412. The number of anilines is 1. The van der Waals surface area contributed by atoms with Gasteiger partial charge in [0.1, 0.15) is 0 Å². The molecule has 0 heterocycles. The molecule has 13 heavy (non-hydrogen) atoms. The molecule has 0 bridgehead atoms. The average molecular weight is 200 g/mol. The highest BCUT2D eigenvalue weighted by Gasteiger charge is 2.09. The van der Waals surface area contributed by atoms with Gasteiger partial charge in [-0.3, -0.25) is 0 Å². The minimum absolute atomic E-state index is 0.375. The molecule has 0 saturated carbocycles. The predicted molar refractivity (Wildman–Crippen MR) is 51.9 cm³/mol. The molecule has 4 heteroatoms. The summed E-state index contributed by atoms with van der Waals surface area (Å²) in [6.07, 6.45) is 0. The van der Waals surface area contributed by atoms with Gasteiger partial charge >= 0.3 is 5.97 Å². The molecule has 0 amide bonds. The number of rotatable bonds is 1. The van der Waals surface area contributed by atoms with Crippen molar-refractivity contribution in [3.8, 4) is 0 Å². The van der Waals surface area contributed by atoms with Crippen LogP contribution in [0.3, 0.4) is 0 Å². The molecular formula is C9H10ClNO2. The largest absolute Gasteiger partial charge is 0.465 e. The van der Waals surface area contributed by atoms with Crippen molar-refractivity contribution < 1.29 is 9.53 Å². The van der Waals surface area contributed by atoms with Crippen LogP contribution in [-0.2, 0) is 4.74 Å². The van der Waals surface area contributed by atoms with Crippen molar-refractivity contribution in [3.63, 3.8) is 0 Å². The Morgan fingerprint density at radius 1 is 1.54 bits per heavy atom. The molecule has 1 rings (SSSR count). The highest BCUT2D eigenvalue weighted by Crippen LogP contribution is 2.24. The second-order valence-electron chi connectivity index (χ2n) is 2.68. The van der Waals surface area contributed by atoms with E-state index in [1.165, 1.54) is 13.2 Å². The van der Waals surface area contributed by atoms with E-state index in [1.54, 1.807) is 13.0 Å². The van der Waals surface area contributed by atoms with Crippen molar-refractivity contribution in [3.05, 3.63) is 28.3 Å². The molecule has 0 atom stereocenters. The van der Waals surface area contributed by atoms with Crippen molar-refractivity contribution >= 4 is 23.3 Å². The molecule has 0 fully saturated rings. The summed E-state index contributed by atoms with van der Waals surface area (Å²) in [4.78, 5) is 11.1. The number of carbonyl (C=O) groups excluding carboxylic acids is 1. The SMILES string of the molecule is COC(=O)c1cc(C)c(N)c(Cl)c1. The monoisotopic (exact) mass is 199 g/mol. The van der Waals surface area contributed by atoms with Gasteiger partial charge in [-0.2, -0.15) is 0 Å². The number of hydrogen-bond acceptors (Lipinski definition) is 3. The van der Waals surface area contributed by atoms with Gasteiger partial charge in [-0.05, 0) is 24.6 Å². The Morgan fingerprint density at radius 2 is 2.15 bits per heavy atom. The van der Waals surface area contributed by atoms with Gasteiger partial charge in [-0.1, -0.05) is 11.6 Å². The number of nitrogens with two attached hydrogens (primary N) is 1. The van der Waals surface area contributed by atoms with Gasteiger partial charge in [0.05, 0.1) is 23.4 Å². The van der Waals surface area contributed by atoms with Gasteiger partial charge in [0.2, 0.25) is 0 Å². The van der Waals surface area contributed by atoms with Crippen molar-refractivity contribution in [1.29, 1.82) is 0 Å². The van der Waals surface area contributed by atoms with Crippen LogP contribution in [0.4, 0.5) is 5.69 Å². The van der Waals surface area contributed by atoms with E-state index in [1.807, 2.05) is 0 Å². The number of nitrogen functional groups attached to an aromatic ring is 1. The fraction of sp³-hybridized carbons (Fsp3) is 0.222. The lowest BCUT2D eigenvalue weighted by molar-refractivity contribution is 0.0600. The molecule has 2 N–H and O–H groups in total. The number of esters is 1. The summed E-state index contributed by atoms with van der Waals surface area (Å²) in [6, 6.07) is 3.14. The summed E-state index contributed by atoms with van der Waals surface area (Å²) >= 11 is 5.79. The van der Waals surface area contributed by atoms with Crippen molar-refractivity contribution in [1.82, 2.24) is 0 Å². The molecule has 0 saturated heterocycles. The minimum Gasteiger partial charge on any atom is -0.465 e. The molecule has 0 unspecified atom stereocenters. The molecule has 0 aliphatic heterocycles. The minimum atomic E-state index is -0.412. The second kappa shape index (κ2) is 3.66. The van der Waals surface area contributed by atoms with Gasteiger partial charge in [-0.15, -0.1) is 0 Å². The molecule has 3 nitrogen and oxygen atoms in total. The lowest BCUT2D eigenvalue weighted by atomic mass is 10.1. The fourth-order valence-corrected chi connectivity index (χ4v) is 1.26. The topological polar surface area (TPSA) is 52.3 Å². The summed E-state index contributed by atoms with van der Waals surface area (Å²) < 4.78 is 4.55. The maximum atomic E-state index is 11.1. The molecule has 0 aromatic heterocycles. The van der Waals surface area contributed by atoms with Crippen LogP contribution in [0.2, 0.25) is 5.02 Å². The molecule has 1 aromatic rings. The Balaban J connectivity index is 3.20. The van der Waals surface area contributed by atoms with Crippen LogP contribution in [0.25, 0.3) is 0 Å². The zero-order valence-corrected chi connectivity index (χ0v) is 8.18. The highest BCUT2D eigenvalue weighted by molar-refractivity contribution is 6.33. The van der Waals surface area contributed by atoms with E-state index in [2.05, 4.69) is 4.74 Å². The van der Waals surface area contributed by atoms with E-state index < -0.39 is 5.97 Å². The maximum Gasteiger partial charge on any atom is 0.337 e. The van der Waals surface area contributed by atoms with Crippen molar-refractivity contribution in [2.45, 2.75) is 6.92 Å². The van der Waals surface area contributed by atoms with Gasteiger partial charge in [0, 0.05) is 0 Å². The van der Waals surface area contributed by atoms with E-state index in [0.717, 1.165) is 5.56 Å². The van der Waals surface area contributed by atoms with E-state index >= 15 is 0 Å². The smallest absolute Gasteiger partial charge is 0.337 e. The first kappa shape index (κ1) is 9.86. The number of carbonyl (C=O) groups is 1. The van der Waals surface area contributed by atoms with Crippen LogP contribution in [0.15, 0.2) is 12.1 Å². The van der Waals surface area contributed by atoms with Crippen LogP contribution in [0, 0.1) is 6.92 Å². The molecule has 1 aromatic carbocycles. The first-order chi connectivity index (χ1) is 6.06. The molecule has 0 aliphatic carbocycles. The van der Waals surface area contributed by atoms with E-state index in [-0.39, 0.29) is 0 Å². The number of methoxy groups -OCH3 is 1. The van der Waals surface area contributed by atoms with Gasteiger partial charge < -0.3 is 10.5 Å². The first-order valence-electron chi connectivity index (χ1n) is 3.70. The van der Waals surface area contributed by atoms with E-state index in [9.17, 15) is 4.79 Å². The third kappa shape index (κ3) is 1.92. The summed E-state index contributed by atoms with van der Waals surface area (Å²) in [7, 11) is 1.32. The van der Waals surface area contributed by atoms with Crippen molar-refractivity contribution in [2.75, 3.05) is 12.8 Å². The standard InChI is InChI=1S/C9H10ClNO2/c1-5-3-6(9(12)13-2)4-7(10)8(5)11/h3-4H,11H2,1-2H3. The number of ether oxygens (including phenoxy) is 1. The van der Waals surface area contributed by atoms with Crippen LogP contribution < -0.4 is 5.73 Å². The number of hydrogen-bond donors (Lipinski definition) is 1. The van der Waals surface area contributed by atoms with Crippen LogP contribution in [0.1, 0.15) is 15.9 Å². The molecule has 0 radical (unpaired) electrons. The first-order valence-corrected chi connectivity index (χ1v) is 4.08. The summed E-state index contributed by atoms with van der Waals surface area (Å²) in [6.45, 7) is 1.79. The zero-order valence-electron chi connectivity index (χ0n) is 7.43. The predicted octanol–water partition coefficient (Wildman–Crippen LogP) is 2.02. The fourth-order valence-electron chi connectivity index (χ4n) is 0.991. The van der Waals surface area contributed by atoms with Gasteiger partial charge in [0.15, 0.2) is 0 Å². The Kier molecular flexibility index (Phi) is 2.78. The van der Waals surface area contributed by atoms with Gasteiger partial charge in [-0.25, -0.2) is 4.79 Å². The highest BCUT2D eigenvalue weighted by atomic mass is 35.5. The summed E-state index contributed by atoms with van der Waals surface area (Å²) in [5, 5.41) is 0.375. The zero-order chi connectivity index (χ0) is 10.0. The Morgan fingerprint density at radius 3 is 2.62 bits per heavy atom. The molecule has 0 spiro atoms. The molecular weight excluding hydrogens is 190 g/mol. The quantitative estimate of drug-likeness (QED) is 0.556. The van der Waals surface area contributed by atoms with Crippen LogP contribution >= 0.6 is 11.6 Å². The van der Waals surface area contributed by atoms with E-state index in [0.29, 0.717) is 16.3 Å². The normalized spacial score (nSPS) is 9.77. The average Bonchev–Trinajstić information content (AvgIpc) is 2.12. The molecule has 70 valence electrons. The van der Waals surface area contributed by atoms with Crippen LogP contribution in [0.5, 0.6) is 0 Å². The number of halogens is 1. The lowest BCUT2D eigenvalue weighted by Gasteiger charge is -2.05.